The minimum Gasteiger partial charge on any atom is -0.286 e. The molecule has 0 unspecified atom stereocenters. The monoisotopic (exact) mass is 242 g/mol. The lowest BCUT2D eigenvalue weighted by atomic mass is 9.93. The number of hydrogen-bond acceptors (Lipinski definition) is 7. The Kier molecular flexibility index (Phi) is 1.82. The van der Waals surface area contributed by atoms with Crippen molar-refractivity contribution in [2.24, 2.45) is 5.41 Å². The molecule has 1 spiro atoms. The van der Waals surface area contributed by atoms with Gasteiger partial charge in [-0.2, -0.15) is 4.31 Å². The van der Waals surface area contributed by atoms with E-state index in [1.807, 2.05) is 0 Å². The van der Waals surface area contributed by atoms with Crippen LogP contribution in [0.2, 0.25) is 0 Å². The van der Waals surface area contributed by atoms with E-state index in [0.29, 0.717) is 0 Å². The van der Waals surface area contributed by atoms with Gasteiger partial charge in [0.15, 0.2) is 0 Å². The summed E-state index contributed by atoms with van der Waals surface area (Å²) in [5.41, 5.74) is -0.494. The number of phosphoric ester groups is 2. The van der Waals surface area contributed by atoms with Gasteiger partial charge in [-0.15, -0.1) is 0 Å². The van der Waals surface area contributed by atoms with Crippen LogP contribution in [0.3, 0.4) is 0 Å². The number of phosphoric acid groups is 2. The standard InChI is InChI=1S/C5H8O7P2/c6-13-8-1-5(2-9-13)3-10-14(7,12-13)11-4-5/h1-4H2. The molecule has 6 rings (SSSR count). The van der Waals surface area contributed by atoms with Gasteiger partial charge in [0.2, 0.25) is 0 Å². The molecule has 80 valence electrons. The van der Waals surface area contributed by atoms with Crippen molar-refractivity contribution >= 4 is 15.6 Å². The quantitative estimate of drug-likeness (QED) is 0.592. The Labute approximate surface area is 79.8 Å². The van der Waals surface area contributed by atoms with Crippen molar-refractivity contribution in [3.8, 4) is 0 Å². The van der Waals surface area contributed by atoms with E-state index in [-0.39, 0.29) is 26.4 Å². The second-order valence-corrected chi connectivity index (χ2v) is 7.04. The molecule has 6 saturated heterocycles. The summed E-state index contributed by atoms with van der Waals surface area (Å²) in [6, 6.07) is 0. The van der Waals surface area contributed by atoms with Gasteiger partial charge in [-0.25, -0.2) is 9.13 Å². The molecule has 6 heterocycles. The van der Waals surface area contributed by atoms with Crippen molar-refractivity contribution in [2.75, 3.05) is 26.4 Å². The van der Waals surface area contributed by atoms with Crippen LogP contribution < -0.4 is 0 Å². The van der Waals surface area contributed by atoms with Gasteiger partial charge in [-0.1, -0.05) is 0 Å². The van der Waals surface area contributed by atoms with Gasteiger partial charge < -0.3 is 0 Å². The van der Waals surface area contributed by atoms with Crippen LogP contribution in [-0.4, -0.2) is 26.4 Å². The van der Waals surface area contributed by atoms with Gasteiger partial charge in [0.1, 0.15) is 0 Å². The van der Waals surface area contributed by atoms with Crippen molar-refractivity contribution in [3.63, 3.8) is 0 Å². The van der Waals surface area contributed by atoms with Gasteiger partial charge in [-0.3, -0.25) is 18.1 Å². The molecule has 7 nitrogen and oxygen atoms in total. The molecule has 0 radical (unpaired) electrons. The van der Waals surface area contributed by atoms with E-state index in [0.717, 1.165) is 0 Å². The highest BCUT2D eigenvalue weighted by Crippen LogP contribution is 2.72. The van der Waals surface area contributed by atoms with E-state index >= 15 is 0 Å². The average molecular weight is 242 g/mol. The smallest absolute Gasteiger partial charge is 0.286 e. The number of hydrogen-bond donors (Lipinski definition) is 0. The molecule has 6 aliphatic heterocycles. The third-order valence-electron chi connectivity index (χ3n) is 2.32. The zero-order valence-corrected chi connectivity index (χ0v) is 8.87. The highest BCUT2D eigenvalue weighted by atomic mass is 31.3. The summed E-state index contributed by atoms with van der Waals surface area (Å²) in [5, 5.41) is 0. The Morgan fingerprint density at radius 2 is 1.14 bits per heavy atom. The Morgan fingerprint density at radius 3 is 1.50 bits per heavy atom. The van der Waals surface area contributed by atoms with Crippen molar-refractivity contribution < 1.29 is 31.5 Å². The molecule has 9 heteroatoms. The van der Waals surface area contributed by atoms with E-state index in [4.69, 9.17) is 18.1 Å². The fourth-order valence-electron chi connectivity index (χ4n) is 1.41. The van der Waals surface area contributed by atoms with Gasteiger partial charge >= 0.3 is 15.6 Å². The highest BCUT2D eigenvalue weighted by molar-refractivity contribution is 7.62. The minimum absolute atomic E-state index is 0.171. The lowest BCUT2D eigenvalue weighted by Gasteiger charge is -2.45. The molecule has 14 heavy (non-hydrogen) atoms. The molecule has 0 aromatic carbocycles. The summed E-state index contributed by atoms with van der Waals surface area (Å²) < 4.78 is 47.6. The zero-order valence-electron chi connectivity index (χ0n) is 7.08. The summed E-state index contributed by atoms with van der Waals surface area (Å²) in [6.45, 7) is 0.684. The average Bonchev–Trinajstić information content (AvgIpc) is 2.12. The van der Waals surface area contributed by atoms with Crippen molar-refractivity contribution in [3.05, 3.63) is 0 Å². The summed E-state index contributed by atoms with van der Waals surface area (Å²) >= 11 is 0. The van der Waals surface area contributed by atoms with Crippen molar-refractivity contribution in [2.45, 2.75) is 0 Å². The lowest BCUT2D eigenvalue weighted by Crippen LogP contribution is -2.47. The maximum Gasteiger partial charge on any atom is 0.483 e. The Bertz CT molecular complexity index is 304. The molecule has 0 aromatic rings. The third kappa shape index (κ3) is 1.32. The topological polar surface area (TPSA) is 80.3 Å². The third-order valence-corrected chi connectivity index (χ3v) is 5.70. The van der Waals surface area contributed by atoms with E-state index in [2.05, 4.69) is 4.31 Å². The normalized spacial score (nSPS) is 56.9. The predicted molar refractivity (Wildman–Crippen MR) is 42.5 cm³/mol. The maximum atomic E-state index is 11.6. The maximum absolute atomic E-state index is 11.6. The Hall–Kier alpha value is 0.260. The fraction of sp³-hybridized carbons (Fsp3) is 1.00. The molecule has 3 bridgehead atoms. The lowest BCUT2D eigenvalue weighted by molar-refractivity contribution is -0.109. The Balaban J connectivity index is 2.05. The van der Waals surface area contributed by atoms with Crippen LogP contribution in [0, 0.1) is 5.41 Å². The molecule has 6 fully saturated rings. The van der Waals surface area contributed by atoms with Gasteiger partial charge in [0.05, 0.1) is 31.8 Å². The largest absolute Gasteiger partial charge is 0.483 e. The molecular weight excluding hydrogens is 234 g/mol. The highest BCUT2D eigenvalue weighted by Gasteiger charge is 2.57. The summed E-state index contributed by atoms with van der Waals surface area (Å²) in [4.78, 5) is 0. The van der Waals surface area contributed by atoms with Crippen LogP contribution in [0.1, 0.15) is 0 Å². The second-order valence-electron chi connectivity index (χ2n) is 3.57. The van der Waals surface area contributed by atoms with Crippen LogP contribution in [0.15, 0.2) is 0 Å². The fourth-order valence-corrected chi connectivity index (χ4v) is 5.02. The van der Waals surface area contributed by atoms with Crippen LogP contribution in [0.4, 0.5) is 0 Å². The van der Waals surface area contributed by atoms with Crippen LogP contribution in [0.5, 0.6) is 0 Å². The first-order chi connectivity index (χ1) is 6.54. The molecule has 6 aliphatic rings. The van der Waals surface area contributed by atoms with E-state index in [1.54, 1.807) is 0 Å². The van der Waals surface area contributed by atoms with E-state index < -0.39 is 21.1 Å². The molecule has 0 aliphatic carbocycles. The van der Waals surface area contributed by atoms with Crippen LogP contribution in [0.25, 0.3) is 0 Å². The summed E-state index contributed by atoms with van der Waals surface area (Å²) in [7, 11) is -7.45. The van der Waals surface area contributed by atoms with Crippen molar-refractivity contribution in [1.82, 2.24) is 0 Å². The molecule has 0 N–H and O–H groups in total. The van der Waals surface area contributed by atoms with E-state index in [1.165, 1.54) is 0 Å². The molecule has 0 saturated carbocycles. The molecule has 0 aromatic heterocycles. The Morgan fingerprint density at radius 1 is 0.786 bits per heavy atom. The first-order valence-electron chi connectivity index (χ1n) is 4.03. The predicted octanol–water partition coefficient (Wildman–Crippen LogP) is 1.31. The molecule has 0 amide bonds. The first kappa shape index (κ1) is 9.48. The SMILES string of the molecule is O=P12OCC3(CO1)COP(=O)(OC3)O2. The minimum atomic E-state index is -3.73. The van der Waals surface area contributed by atoms with E-state index in [9.17, 15) is 9.13 Å². The summed E-state index contributed by atoms with van der Waals surface area (Å²) in [5.74, 6) is 0. The van der Waals surface area contributed by atoms with Gasteiger partial charge in [0, 0.05) is 0 Å². The van der Waals surface area contributed by atoms with Gasteiger partial charge in [-0.05, 0) is 0 Å². The summed E-state index contributed by atoms with van der Waals surface area (Å²) in [6.07, 6.45) is 0. The van der Waals surface area contributed by atoms with Crippen LogP contribution in [-0.2, 0) is 31.5 Å². The second kappa shape index (κ2) is 2.68. The number of rotatable bonds is 0. The first-order valence-corrected chi connectivity index (χ1v) is 6.95. The van der Waals surface area contributed by atoms with Gasteiger partial charge in [0.25, 0.3) is 0 Å². The molecular formula is C5H8O7P2. The van der Waals surface area contributed by atoms with Crippen molar-refractivity contribution in [1.29, 1.82) is 0 Å². The zero-order chi connectivity index (χ0) is 9.86. The van der Waals surface area contributed by atoms with Crippen LogP contribution >= 0.6 is 15.6 Å². The molecule has 0 atom stereocenters.